The maximum absolute atomic E-state index is 4.55. The van der Waals surface area contributed by atoms with E-state index in [4.69, 9.17) is 0 Å². The van der Waals surface area contributed by atoms with Crippen molar-refractivity contribution in [3.8, 4) is 22.3 Å². The molecule has 0 radical (unpaired) electrons. The van der Waals surface area contributed by atoms with Gasteiger partial charge in [-0.05, 0) is 12.1 Å². The van der Waals surface area contributed by atoms with Gasteiger partial charge in [0.15, 0.2) is 24.8 Å². The highest BCUT2D eigenvalue weighted by molar-refractivity contribution is 7.00. The number of benzene rings is 1. The molecule has 0 saturated heterocycles. The summed E-state index contributed by atoms with van der Waals surface area (Å²) in [5.74, 6) is 0. The lowest BCUT2D eigenvalue weighted by atomic mass is 9.99. The molecular weight excluding hydrogens is 304 g/mol. The summed E-state index contributed by atoms with van der Waals surface area (Å²) in [6.45, 7) is 0. The van der Waals surface area contributed by atoms with E-state index < -0.39 is 0 Å². The standard InChI is InChI=1S/C18H16N4S/c1-21-9-3-5-13(11-21)15-7-8-16(18-17(15)19-23-20-18)14-6-4-10-22(2)12-14/h3-12H,1-2H3/q+2. The van der Waals surface area contributed by atoms with Crippen LogP contribution >= 0.6 is 11.7 Å². The lowest BCUT2D eigenvalue weighted by molar-refractivity contribution is -0.671. The minimum absolute atomic E-state index is 0.963. The van der Waals surface area contributed by atoms with E-state index in [0.717, 1.165) is 33.3 Å². The second-order valence-electron chi connectivity index (χ2n) is 5.64. The molecule has 0 spiro atoms. The van der Waals surface area contributed by atoms with Crippen LogP contribution in [-0.2, 0) is 14.1 Å². The quantitative estimate of drug-likeness (QED) is 0.532. The van der Waals surface area contributed by atoms with Crippen LogP contribution in [0.4, 0.5) is 0 Å². The Kier molecular flexibility index (Phi) is 3.35. The Hall–Kier alpha value is -2.66. The van der Waals surface area contributed by atoms with Crippen LogP contribution in [0.2, 0.25) is 0 Å². The fourth-order valence-corrected chi connectivity index (χ4v) is 3.40. The number of aromatic nitrogens is 4. The maximum atomic E-state index is 4.55. The van der Waals surface area contributed by atoms with Gasteiger partial charge in [-0.1, -0.05) is 12.1 Å². The van der Waals surface area contributed by atoms with Gasteiger partial charge in [0.25, 0.3) is 0 Å². The number of hydrogen-bond acceptors (Lipinski definition) is 3. The second-order valence-corrected chi connectivity index (χ2v) is 6.17. The van der Waals surface area contributed by atoms with Crippen LogP contribution in [0.3, 0.4) is 0 Å². The molecular formula is C18H16N4S+2. The summed E-state index contributed by atoms with van der Waals surface area (Å²) in [5.41, 5.74) is 6.47. The highest BCUT2D eigenvalue weighted by Crippen LogP contribution is 2.33. The molecule has 1 aromatic carbocycles. The highest BCUT2D eigenvalue weighted by Gasteiger charge is 2.15. The van der Waals surface area contributed by atoms with Gasteiger partial charge in [-0.3, -0.25) is 0 Å². The van der Waals surface area contributed by atoms with E-state index in [1.165, 1.54) is 11.7 Å². The van der Waals surface area contributed by atoms with Gasteiger partial charge >= 0.3 is 0 Å². The number of hydrogen-bond donors (Lipinski definition) is 0. The van der Waals surface area contributed by atoms with Gasteiger partial charge in [0.05, 0.1) is 11.7 Å². The second kappa shape index (κ2) is 5.52. The third-order valence-electron chi connectivity index (χ3n) is 3.92. The molecule has 0 aliphatic rings. The average molecular weight is 320 g/mol. The molecule has 0 saturated carbocycles. The number of aryl methyl sites for hydroxylation is 2. The van der Waals surface area contributed by atoms with Gasteiger partial charge < -0.3 is 0 Å². The monoisotopic (exact) mass is 320 g/mol. The Morgan fingerprint density at radius 2 is 1.22 bits per heavy atom. The van der Waals surface area contributed by atoms with Crippen molar-refractivity contribution in [1.29, 1.82) is 0 Å². The predicted molar refractivity (Wildman–Crippen MR) is 90.6 cm³/mol. The van der Waals surface area contributed by atoms with Crippen LogP contribution in [0, 0.1) is 0 Å². The molecule has 0 aliphatic carbocycles. The minimum atomic E-state index is 0.963. The number of fused-ring (bicyclic) bond motifs is 1. The average Bonchev–Trinajstić information content (AvgIpc) is 3.03. The van der Waals surface area contributed by atoms with E-state index in [1.54, 1.807) is 0 Å². The van der Waals surface area contributed by atoms with E-state index in [1.807, 2.05) is 47.8 Å². The Labute approximate surface area is 138 Å². The number of rotatable bonds is 2. The minimum Gasteiger partial charge on any atom is -0.207 e. The molecule has 0 unspecified atom stereocenters. The smallest absolute Gasteiger partial charge is 0.176 e. The fraction of sp³-hybridized carbons (Fsp3) is 0.111. The molecule has 0 N–H and O–H groups in total. The molecule has 0 fully saturated rings. The van der Waals surface area contributed by atoms with Crippen molar-refractivity contribution < 1.29 is 9.13 Å². The molecule has 0 amide bonds. The van der Waals surface area contributed by atoms with E-state index in [-0.39, 0.29) is 0 Å². The van der Waals surface area contributed by atoms with Crippen molar-refractivity contribution >= 4 is 22.8 Å². The van der Waals surface area contributed by atoms with Crippen LogP contribution in [0.5, 0.6) is 0 Å². The van der Waals surface area contributed by atoms with Crippen LogP contribution in [0.1, 0.15) is 0 Å². The van der Waals surface area contributed by atoms with Gasteiger partial charge in [0, 0.05) is 34.4 Å². The SMILES string of the molecule is C[n+]1cccc(-c2ccc(-c3ccc[n+](C)c3)c3nsnc23)c1. The molecule has 5 heteroatoms. The maximum Gasteiger partial charge on any atom is 0.176 e. The van der Waals surface area contributed by atoms with Gasteiger partial charge in [0.1, 0.15) is 25.1 Å². The summed E-state index contributed by atoms with van der Waals surface area (Å²) in [4.78, 5) is 0. The molecule has 0 aliphatic heterocycles. The summed E-state index contributed by atoms with van der Waals surface area (Å²) < 4.78 is 13.2. The number of pyridine rings is 2. The molecule has 4 aromatic rings. The van der Waals surface area contributed by atoms with Crippen molar-refractivity contribution in [1.82, 2.24) is 8.75 Å². The first-order valence-electron chi connectivity index (χ1n) is 7.39. The first-order valence-corrected chi connectivity index (χ1v) is 8.12. The molecule has 4 nitrogen and oxygen atoms in total. The molecule has 0 atom stereocenters. The van der Waals surface area contributed by atoms with Gasteiger partial charge in [-0.25, -0.2) is 9.13 Å². The highest BCUT2D eigenvalue weighted by atomic mass is 32.1. The molecule has 3 aromatic heterocycles. The van der Waals surface area contributed by atoms with Crippen molar-refractivity contribution in [2.45, 2.75) is 0 Å². The summed E-state index contributed by atoms with van der Waals surface area (Å²) in [5, 5.41) is 0. The first-order chi connectivity index (χ1) is 11.2. The molecule has 4 rings (SSSR count). The Morgan fingerprint density at radius 3 is 1.65 bits per heavy atom. The molecule has 3 heterocycles. The number of nitrogens with zero attached hydrogens (tertiary/aromatic N) is 4. The van der Waals surface area contributed by atoms with Crippen molar-refractivity contribution in [3.63, 3.8) is 0 Å². The summed E-state index contributed by atoms with van der Waals surface area (Å²) in [6, 6.07) is 12.6. The normalized spacial score (nSPS) is 11.0. The Morgan fingerprint density at radius 1 is 0.739 bits per heavy atom. The summed E-state index contributed by atoms with van der Waals surface area (Å²) in [7, 11) is 4.05. The van der Waals surface area contributed by atoms with Crippen molar-refractivity contribution in [2.24, 2.45) is 14.1 Å². The molecule has 23 heavy (non-hydrogen) atoms. The lowest BCUT2D eigenvalue weighted by Crippen LogP contribution is -2.26. The van der Waals surface area contributed by atoms with Gasteiger partial charge in [-0.2, -0.15) is 8.75 Å². The third-order valence-corrected chi connectivity index (χ3v) is 4.45. The van der Waals surface area contributed by atoms with E-state index in [2.05, 4.69) is 45.4 Å². The Bertz CT molecular complexity index is 927. The van der Waals surface area contributed by atoms with Gasteiger partial charge in [-0.15, -0.1) is 0 Å². The van der Waals surface area contributed by atoms with Crippen LogP contribution < -0.4 is 9.13 Å². The zero-order valence-electron chi connectivity index (χ0n) is 13.0. The molecule has 112 valence electrons. The lowest BCUT2D eigenvalue weighted by Gasteiger charge is -2.05. The topological polar surface area (TPSA) is 33.5 Å². The first kappa shape index (κ1) is 14.0. The van der Waals surface area contributed by atoms with Crippen LogP contribution in [0.25, 0.3) is 33.3 Å². The third kappa shape index (κ3) is 2.49. The van der Waals surface area contributed by atoms with E-state index in [9.17, 15) is 0 Å². The fourth-order valence-electron chi connectivity index (χ4n) is 2.83. The largest absolute Gasteiger partial charge is 0.207 e. The summed E-state index contributed by atoms with van der Waals surface area (Å²) in [6.07, 6.45) is 8.27. The predicted octanol–water partition coefficient (Wildman–Crippen LogP) is 2.67. The zero-order valence-corrected chi connectivity index (χ0v) is 13.8. The van der Waals surface area contributed by atoms with Crippen LogP contribution in [0.15, 0.2) is 61.2 Å². The van der Waals surface area contributed by atoms with Crippen molar-refractivity contribution in [3.05, 3.63) is 61.2 Å². The zero-order chi connectivity index (χ0) is 15.8. The summed E-state index contributed by atoms with van der Waals surface area (Å²) >= 11 is 1.27. The van der Waals surface area contributed by atoms with Gasteiger partial charge in [0.2, 0.25) is 0 Å². The van der Waals surface area contributed by atoms with E-state index in [0.29, 0.717) is 0 Å². The Balaban J connectivity index is 1.95. The molecule has 0 bridgehead atoms. The van der Waals surface area contributed by atoms with Crippen LogP contribution in [-0.4, -0.2) is 8.75 Å². The van der Waals surface area contributed by atoms with E-state index >= 15 is 0 Å². The van der Waals surface area contributed by atoms with Crippen molar-refractivity contribution in [2.75, 3.05) is 0 Å².